The fourth-order valence-electron chi connectivity index (χ4n) is 1.90. The maximum absolute atomic E-state index is 12.0. The summed E-state index contributed by atoms with van der Waals surface area (Å²) in [6, 6.07) is -0.213. The van der Waals surface area contributed by atoms with Crippen LogP contribution >= 0.6 is 0 Å². The van der Waals surface area contributed by atoms with Gasteiger partial charge in [0.2, 0.25) is 5.91 Å². The Labute approximate surface area is 102 Å². The Bertz CT molecular complexity index is 281. The van der Waals surface area contributed by atoms with Crippen molar-refractivity contribution in [2.24, 2.45) is 17.1 Å². The summed E-state index contributed by atoms with van der Waals surface area (Å²) in [5, 5.41) is 2.87. The SMILES string of the molecule is CC1(C(=O)NCCOCC2CC2)COCC1N. The molecule has 1 heterocycles. The van der Waals surface area contributed by atoms with Gasteiger partial charge in [0, 0.05) is 19.2 Å². The van der Waals surface area contributed by atoms with Crippen molar-refractivity contribution in [3.63, 3.8) is 0 Å². The van der Waals surface area contributed by atoms with Crippen LogP contribution < -0.4 is 11.1 Å². The lowest BCUT2D eigenvalue weighted by atomic mass is 9.85. The van der Waals surface area contributed by atoms with E-state index >= 15 is 0 Å². The molecule has 0 aromatic rings. The summed E-state index contributed by atoms with van der Waals surface area (Å²) >= 11 is 0. The summed E-state index contributed by atoms with van der Waals surface area (Å²) in [7, 11) is 0. The summed E-state index contributed by atoms with van der Waals surface area (Å²) in [4.78, 5) is 12.0. The summed E-state index contributed by atoms with van der Waals surface area (Å²) in [6.07, 6.45) is 2.58. The molecule has 0 aromatic carbocycles. The molecule has 1 saturated carbocycles. The molecule has 98 valence electrons. The highest BCUT2D eigenvalue weighted by Crippen LogP contribution is 2.28. The predicted molar refractivity (Wildman–Crippen MR) is 63.5 cm³/mol. The fraction of sp³-hybridized carbons (Fsp3) is 0.917. The predicted octanol–water partition coefficient (Wildman–Crippen LogP) is -0.107. The van der Waals surface area contributed by atoms with E-state index in [9.17, 15) is 4.79 Å². The van der Waals surface area contributed by atoms with Crippen LogP contribution in [0.1, 0.15) is 19.8 Å². The molecule has 0 radical (unpaired) electrons. The number of carbonyl (C=O) groups is 1. The second-order valence-electron chi connectivity index (χ2n) is 5.31. The largest absolute Gasteiger partial charge is 0.379 e. The molecule has 3 N–H and O–H groups in total. The quantitative estimate of drug-likeness (QED) is 0.638. The lowest BCUT2D eigenvalue weighted by molar-refractivity contribution is -0.130. The minimum atomic E-state index is -0.587. The number of rotatable bonds is 6. The van der Waals surface area contributed by atoms with Crippen LogP contribution in [-0.2, 0) is 14.3 Å². The Morgan fingerprint density at radius 1 is 1.59 bits per heavy atom. The van der Waals surface area contributed by atoms with Crippen LogP contribution in [0.4, 0.5) is 0 Å². The zero-order valence-electron chi connectivity index (χ0n) is 10.4. The molecule has 1 aliphatic heterocycles. The minimum Gasteiger partial charge on any atom is -0.379 e. The number of hydrogen-bond acceptors (Lipinski definition) is 4. The molecule has 2 rings (SSSR count). The summed E-state index contributed by atoms with van der Waals surface area (Å²) < 4.78 is 10.7. The average Bonchev–Trinajstić information content (AvgIpc) is 3.06. The van der Waals surface area contributed by atoms with E-state index in [-0.39, 0.29) is 11.9 Å². The van der Waals surface area contributed by atoms with Crippen LogP contribution in [0.3, 0.4) is 0 Å². The zero-order valence-corrected chi connectivity index (χ0v) is 10.4. The average molecular weight is 242 g/mol. The zero-order chi connectivity index (χ0) is 12.3. The van der Waals surface area contributed by atoms with Crippen molar-refractivity contribution in [2.75, 3.05) is 33.0 Å². The van der Waals surface area contributed by atoms with Crippen molar-refractivity contribution in [1.29, 1.82) is 0 Å². The van der Waals surface area contributed by atoms with Gasteiger partial charge in [-0.15, -0.1) is 0 Å². The van der Waals surface area contributed by atoms with Crippen molar-refractivity contribution in [3.8, 4) is 0 Å². The van der Waals surface area contributed by atoms with Crippen molar-refractivity contribution in [3.05, 3.63) is 0 Å². The van der Waals surface area contributed by atoms with Gasteiger partial charge < -0.3 is 20.5 Å². The number of carbonyl (C=O) groups excluding carboxylic acids is 1. The molecule has 2 aliphatic rings. The topological polar surface area (TPSA) is 73.6 Å². The van der Waals surface area contributed by atoms with Crippen molar-refractivity contribution >= 4 is 5.91 Å². The molecule has 2 fully saturated rings. The molecular weight excluding hydrogens is 220 g/mol. The lowest BCUT2D eigenvalue weighted by Crippen LogP contribution is -2.50. The molecule has 2 unspecified atom stereocenters. The number of nitrogens with two attached hydrogens (primary N) is 1. The first-order chi connectivity index (χ1) is 8.13. The Morgan fingerprint density at radius 2 is 2.35 bits per heavy atom. The third kappa shape index (κ3) is 3.18. The molecule has 1 saturated heterocycles. The molecule has 0 spiro atoms. The second-order valence-corrected chi connectivity index (χ2v) is 5.31. The number of ether oxygens (including phenoxy) is 2. The number of amides is 1. The van der Waals surface area contributed by atoms with Crippen LogP contribution in [0.15, 0.2) is 0 Å². The van der Waals surface area contributed by atoms with E-state index < -0.39 is 5.41 Å². The minimum absolute atomic E-state index is 0.0301. The van der Waals surface area contributed by atoms with Gasteiger partial charge in [0.1, 0.15) is 0 Å². The van der Waals surface area contributed by atoms with E-state index in [1.165, 1.54) is 12.8 Å². The molecule has 1 amide bonds. The van der Waals surface area contributed by atoms with E-state index in [0.717, 1.165) is 12.5 Å². The molecule has 17 heavy (non-hydrogen) atoms. The molecule has 0 bridgehead atoms. The number of hydrogen-bond donors (Lipinski definition) is 2. The van der Waals surface area contributed by atoms with E-state index in [2.05, 4.69) is 5.32 Å². The number of nitrogens with one attached hydrogen (secondary N) is 1. The highest BCUT2D eigenvalue weighted by atomic mass is 16.5. The van der Waals surface area contributed by atoms with E-state index in [1.54, 1.807) is 0 Å². The van der Waals surface area contributed by atoms with Gasteiger partial charge in [-0.1, -0.05) is 0 Å². The van der Waals surface area contributed by atoms with Gasteiger partial charge in [-0.3, -0.25) is 4.79 Å². The second kappa shape index (κ2) is 5.33. The standard InChI is InChI=1S/C12H22N2O3/c1-12(8-17-7-10(12)13)11(15)14-4-5-16-6-9-2-3-9/h9-10H,2-8,13H2,1H3,(H,14,15). The molecular formula is C12H22N2O3. The van der Waals surface area contributed by atoms with E-state index in [1.807, 2.05) is 6.92 Å². The summed E-state index contributed by atoms with van der Waals surface area (Å²) in [5.74, 6) is 0.734. The lowest BCUT2D eigenvalue weighted by Gasteiger charge is -2.25. The van der Waals surface area contributed by atoms with Gasteiger partial charge in [0.15, 0.2) is 0 Å². The first-order valence-corrected chi connectivity index (χ1v) is 6.32. The molecule has 1 aliphatic carbocycles. The van der Waals surface area contributed by atoms with Crippen LogP contribution in [-0.4, -0.2) is 44.9 Å². The molecule has 2 atom stereocenters. The van der Waals surface area contributed by atoms with Crippen molar-refractivity contribution < 1.29 is 14.3 Å². The van der Waals surface area contributed by atoms with E-state index in [0.29, 0.717) is 26.4 Å². The Morgan fingerprint density at radius 3 is 2.94 bits per heavy atom. The smallest absolute Gasteiger partial charge is 0.230 e. The highest BCUT2D eigenvalue weighted by molar-refractivity contribution is 5.83. The summed E-state index contributed by atoms with van der Waals surface area (Å²) in [5.41, 5.74) is 5.29. The van der Waals surface area contributed by atoms with Crippen LogP contribution in [0.25, 0.3) is 0 Å². The van der Waals surface area contributed by atoms with Gasteiger partial charge in [0.05, 0.1) is 25.2 Å². The maximum Gasteiger partial charge on any atom is 0.230 e. The van der Waals surface area contributed by atoms with Crippen molar-refractivity contribution in [2.45, 2.75) is 25.8 Å². The van der Waals surface area contributed by atoms with Gasteiger partial charge in [-0.05, 0) is 25.7 Å². The first kappa shape index (κ1) is 12.8. The van der Waals surface area contributed by atoms with Gasteiger partial charge in [0.25, 0.3) is 0 Å². The highest BCUT2D eigenvalue weighted by Gasteiger charge is 2.44. The normalized spacial score (nSPS) is 32.7. The van der Waals surface area contributed by atoms with Gasteiger partial charge in [-0.25, -0.2) is 0 Å². The Kier molecular flexibility index (Phi) is 4.01. The fourth-order valence-corrected chi connectivity index (χ4v) is 1.90. The van der Waals surface area contributed by atoms with Gasteiger partial charge in [-0.2, -0.15) is 0 Å². The van der Waals surface area contributed by atoms with Crippen LogP contribution in [0.5, 0.6) is 0 Å². The third-order valence-electron chi connectivity index (χ3n) is 3.62. The van der Waals surface area contributed by atoms with E-state index in [4.69, 9.17) is 15.2 Å². The molecule has 5 nitrogen and oxygen atoms in total. The summed E-state index contributed by atoms with van der Waals surface area (Å²) in [6.45, 7) is 4.67. The maximum atomic E-state index is 12.0. The first-order valence-electron chi connectivity index (χ1n) is 6.32. The molecule has 5 heteroatoms. The van der Waals surface area contributed by atoms with Crippen LogP contribution in [0, 0.1) is 11.3 Å². The molecule has 0 aromatic heterocycles. The Balaban J connectivity index is 1.62. The van der Waals surface area contributed by atoms with Crippen LogP contribution in [0.2, 0.25) is 0 Å². The van der Waals surface area contributed by atoms with Crippen molar-refractivity contribution in [1.82, 2.24) is 5.32 Å². The third-order valence-corrected chi connectivity index (χ3v) is 3.62. The monoisotopic (exact) mass is 242 g/mol. The van der Waals surface area contributed by atoms with Gasteiger partial charge >= 0.3 is 0 Å². The Hall–Kier alpha value is -0.650.